The van der Waals surface area contributed by atoms with Crippen LogP contribution < -0.4 is 38.5 Å². The van der Waals surface area contributed by atoms with Crippen LogP contribution in [0.1, 0.15) is 25.7 Å². The van der Waals surface area contributed by atoms with Gasteiger partial charge < -0.3 is 4.90 Å². The third-order valence-corrected chi connectivity index (χ3v) is 31.0. The summed E-state index contributed by atoms with van der Waals surface area (Å²) < 4.78 is 109. The van der Waals surface area contributed by atoms with Gasteiger partial charge in [-0.25, -0.2) is 53.6 Å². The van der Waals surface area contributed by atoms with Crippen molar-refractivity contribution in [1.29, 1.82) is 0 Å². The number of rotatable bonds is 17. The highest BCUT2D eigenvalue weighted by Crippen LogP contribution is 2.57. The number of nitrogens with one attached hydrogen (secondary N) is 4. The van der Waals surface area contributed by atoms with Gasteiger partial charge in [0.1, 0.15) is 0 Å². The minimum atomic E-state index is -3.77. The molecular formula is C75H67N13O17S8. The Hall–Kier alpha value is -10.6. The highest BCUT2D eigenvalue weighted by Gasteiger charge is 2.63. The van der Waals surface area contributed by atoms with Crippen LogP contribution in [0.15, 0.2) is 212 Å². The molecule has 4 aromatic heterocycles. The molecule has 4 aromatic carbocycles. The quantitative estimate of drug-likeness (QED) is 0.0376. The van der Waals surface area contributed by atoms with E-state index in [0.29, 0.717) is 22.7 Å². The summed E-state index contributed by atoms with van der Waals surface area (Å²) >= 11 is 4.72. The second-order valence-electron chi connectivity index (χ2n) is 28.9. The van der Waals surface area contributed by atoms with Gasteiger partial charge in [-0.1, -0.05) is 48.6 Å². The number of imide groups is 4. The molecule has 38 heteroatoms. The molecule has 582 valence electrons. The minimum Gasteiger partial charge on any atom is -0.351 e. The highest BCUT2D eigenvalue weighted by molar-refractivity contribution is 7.93. The molecule has 20 rings (SSSR count). The molecule has 4 N–H and O–H groups in total. The molecule has 9 amide bonds. The number of hydrogen-bond acceptors (Lipinski definition) is 25. The van der Waals surface area contributed by atoms with E-state index >= 15 is 0 Å². The van der Waals surface area contributed by atoms with Gasteiger partial charge in [0.15, 0.2) is 20.5 Å². The van der Waals surface area contributed by atoms with Crippen molar-refractivity contribution in [2.75, 3.05) is 52.6 Å². The molecule has 30 nitrogen and oxygen atoms in total. The Bertz CT molecular complexity index is 4940. The SMILES string of the molecule is CN(C)C=O.O=C1C2C3C=CC(C3)C2C(=O)N1c1ccc(S(=O)(=O)Nc2nccs2)cc1.O=C1C2C3C=CC(C3)C2C(=O)N1c1ccc(S(=O)(=O)Nc2nccs2)cc1.O=C1C2C3C=CC(C3)C2C(=O)N1c1ccc(S(=O)(=O)Nc2nccs2)cc1.O=C1C2C3C=CC(C3)C2C(=O)N1c1ccc(S(=O)(=O)Nc2nccs2)cc1. The number of sulfonamides is 4. The van der Waals surface area contributed by atoms with E-state index in [1.165, 1.54) is 192 Å². The average Bonchev–Trinajstić information content (AvgIpc) is 1.59. The summed E-state index contributed by atoms with van der Waals surface area (Å²) in [5.41, 5.74) is 1.64. The first-order valence-corrected chi connectivity index (χ1v) is 45.0. The van der Waals surface area contributed by atoms with E-state index in [1.807, 2.05) is 48.6 Å². The molecule has 0 spiro atoms. The van der Waals surface area contributed by atoms with Crippen molar-refractivity contribution < 1.29 is 76.8 Å². The number of benzene rings is 4. The van der Waals surface area contributed by atoms with Crippen molar-refractivity contribution in [2.45, 2.75) is 45.3 Å². The Kier molecular flexibility index (Phi) is 20.1. The van der Waals surface area contributed by atoms with Gasteiger partial charge in [-0.3, -0.25) is 81.6 Å². The Balaban J connectivity index is 0.000000111. The van der Waals surface area contributed by atoms with Crippen LogP contribution in [0.5, 0.6) is 0 Å². The van der Waals surface area contributed by atoms with Crippen LogP contribution in [-0.4, -0.2) is 126 Å². The van der Waals surface area contributed by atoms with Crippen LogP contribution >= 0.6 is 45.3 Å². The molecule has 8 heterocycles. The molecule has 4 saturated carbocycles. The predicted molar refractivity (Wildman–Crippen MR) is 418 cm³/mol. The fourth-order valence-electron chi connectivity index (χ4n) is 17.5. The summed E-state index contributed by atoms with van der Waals surface area (Å²) in [7, 11) is -11.7. The normalized spacial score (nSPS) is 27.8. The summed E-state index contributed by atoms with van der Waals surface area (Å²) in [6.07, 6.45) is 26.6. The number of anilines is 8. The molecule has 8 aliphatic carbocycles. The average molecular weight is 1680 g/mol. The number of carbonyl (C=O) groups is 9. The van der Waals surface area contributed by atoms with E-state index in [1.54, 1.807) is 35.6 Å². The lowest BCUT2D eigenvalue weighted by molar-refractivity contribution is -0.124. The van der Waals surface area contributed by atoms with Gasteiger partial charge in [-0.2, -0.15) is 0 Å². The lowest BCUT2D eigenvalue weighted by Gasteiger charge is -2.17. The van der Waals surface area contributed by atoms with Gasteiger partial charge in [0, 0.05) is 60.4 Å². The van der Waals surface area contributed by atoms with E-state index in [-0.39, 0.29) is 182 Å². The maximum absolute atomic E-state index is 12.8. The molecule has 0 radical (unpaired) electrons. The number of amides is 9. The third kappa shape index (κ3) is 14.0. The Morgan fingerprint density at radius 1 is 0.310 bits per heavy atom. The second-order valence-corrected chi connectivity index (χ2v) is 39.2. The van der Waals surface area contributed by atoms with Gasteiger partial charge in [-0.15, -0.1) is 45.3 Å². The fraction of sp³-hybridized carbons (Fsp3) is 0.293. The summed E-state index contributed by atoms with van der Waals surface area (Å²) in [6, 6.07) is 23.2. The molecule has 16 atom stereocenters. The maximum atomic E-state index is 12.8. The number of carbonyl (C=O) groups excluding carboxylic acids is 9. The summed E-state index contributed by atoms with van der Waals surface area (Å²) in [4.78, 5) is 134. The van der Waals surface area contributed by atoms with Crippen LogP contribution in [0.25, 0.3) is 0 Å². The van der Waals surface area contributed by atoms with E-state index in [2.05, 4.69) is 38.8 Å². The zero-order valence-electron chi connectivity index (χ0n) is 59.3. The molecule has 8 aromatic rings. The first-order chi connectivity index (χ1) is 54.1. The molecule has 4 saturated heterocycles. The van der Waals surface area contributed by atoms with Crippen molar-refractivity contribution >= 4 is 182 Å². The smallest absolute Gasteiger partial charge is 0.263 e. The first-order valence-electron chi connectivity index (χ1n) is 35.6. The number of allylic oxidation sites excluding steroid dienone is 8. The van der Waals surface area contributed by atoms with Gasteiger partial charge >= 0.3 is 0 Å². The highest BCUT2D eigenvalue weighted by atomic mass is 32.2. The topological polar surface area (TPSA) is 406 Å². The van der Waals surface area contributed by atoms with Gasteiger partial charge in [0.2, 0.25) is 53.7 Å². The predicted octanol–water partition coefficient (Wildman–Crippen LogP) is 8.73. The molecule has 113 heavy (non-hydrogen) atoms. The van der Waals surface area contributed by atoms with Gasteiger partial charge in [-0.05, 0) is 170 Å². The van der Waals surface area contributed by atoms with Crippen LogP contribution in [0.4, 0.5) is 43.3 Å². The van der Waals surface area contributed by atoms with Crippen molar-refractivity contribution in [2.24, 2.45) is 94.7 Å². The summed E-state index contributed by atoms with van der Waals surface area (Å²) in [6.45, 7) is 0. The molecule has 16 unspecified atom stereocenters. The summed E-state index contributed by atoms with van der Waals surface area (Å²) in [5.74, 6) is -2.52. The molecule has 4 aliphatic heterocycles. The van der Waals surface area contributed by atoms with Crippen LogP contribution in [0.3, 0.4) is 0 Å². The zero-order valence-corrected chi connectivity index (χ0v) is 65.9. The van der Waals surface area contributed by atoms with Gasteiger partial charge in [0.05, 0.1) is 89.7 Å². The van der Waals surface area contributed by atoms with E-state index < -0.39 is 40.1 Å². The number of fused-ring (bicyclic) bond motifs is 20. The van der Waals surface area contributed by atoms with E-state index in [9.17, 15) is 76.8 Å². The molecule has 12 aliphatic rings. The van der Waals surface area contributed by atoms with Crippen molar-refractivity contribution in [1.82, 2.24) is 24.8 Å². The third-order valence-electron chi connectivity index (χ3n) is 22.3. The number of aromatic nitrogens is 4. The minimum absolute atomic E-state index is 0.0440. The Labute approximate surface area is 663 Å². The molecule has 8 bridgehead atoms. The number of hydrogen-bond donors (Lipinski definition) is 4. The molecule has 8 fully saturated rings. The monoisotopic (exact) mass is 1680 g/mol. The fourth-order valence-corrected chi connectivity index (χ4v) is 24.7. The van der Waals surface area contributed by atoms with Crippen molar-refractivity contribution in [3.63, 3.8) is 0 Å². The van der Waals surface area contributed by atoms with Crippen LogP contribution in [-0.2, 0) is 83.2 Å². The number of thiazole rings is 4. The molecular weight excluding hydrogens is 1610 g/mol. The lowest BCUT2D eigenvalue weighted by Crippen LogP contribution is -2.32. The summed E-state index contributed by atoms with van der Waals surface area (Å²) in [5, 5.41) is 7.79. The number of nitrogens with zero attached hydrogens (tertiary/aromatic N) is 9. The second kappa shape index (κ2) is 29.7. The Morgan fingerprint density at radius 3 is 0.602 bits per heavy atom. The lowest BCUT2D eigenvalue weighted by atomic mass is 9.85. The van der Waals surface area contributed by atoms with Crippen LogP contribution in [0, 0.1) is 94.7 Å². The van der Waals surface area contributed by atoms with E-state index in [0.717, 1.165) is 32.1 Å². The van der Waals surface area contributed by atoms with Gasteiger partial charge in [0.25, 0.3) is 40.1 Å². The Morgan fingerprint density at radius 2 is 0.469 bits per heavy atom. The van der Waals surface area contributed by atoms with Crippen molar-refractivity contribution in [3.05, 3.63) is 192 Å². The van der Waals surface area contributed by atoms with E-state index in [4.69, 9.17) is 0 Å². The van der Waals surface area contributed by atoms with Crippen LogP contribution in [0.2, 0.25) is 0 Å². The zero-order chi connectivity index (χ0) is 79.3. The maximum Gasteiger partial charge on any atom is 0.263 e. The standard InChI is InChI=1S/4C18H15N3O4S2.C3H7NO/c4*22-16-14-10-1-2-11(9-10)15(14)17(23)21(16)12-3-5-13(6-4-12)27(24,25)20-18-19-7-8-26-18;1-4(2)3-5/h4*1-8,10-11,14-15H,9H2,(H,19,20);3H,1-2H3. The largest absolute Gasteiger partial charge is 0.351 e. The first kappa shape index (κ1) is 76.4. The van der Waals surface area contributed by atoms with Crippen molar-refractivity contribution in [3.8, 4) is 0 Å².